The molecule has 0 bridgehead atoms. The Morgan fingerprint density at radius 3 is 2.45 bits per heavy atom. The highest BCUT2D eigenvalue weighted by atomic mass is 16.4. The van der Waals surface area contributed by atoms with Gasteiger partial charge < -0.3 is 5.11 Å². The summed E-state index contributed by atoms with van der Waals surface area (Å²) in [6, 6.07) is 0. The fourth-order valence-electron chi connectivity index (χ4n) is 0.774. The maximum atomic E-state index is 10.8. The minimum absolute atomic E-state index is 0.245. The first-order valence-corrected chi connectivity index (χ1v) is 2.89. The lowest BCUT2D eigenvalue weighted by Gasteiger charge is -2.10. The van der Waals surface area contributed by atoms with Gasteiger partial charge in [0.2, 0.25) is 11.9 Å². The molecule has 0 saturated carbocycles. The number of nitrogens with zero attached hydrogens (tertiary/aromatic N) is 2. The molecule has 1 rings (SSSR count). The molecule has 0 unspecified atom stereocenters. The highest BCUT2D eigenvalue weighted by Crippen LogP contribution is 2.05. The molecule has 2 N–H and O–H groups in total. The molecule has 0 aromatic rings. The number of rotatable bonds is 0. The molecule has 1 aliphatic rings. The summed E-state index contributed by atoms with van der Waals surface area (Å²) in [6.07, 6.45) is -1.27. The number of hydrogen-bond donors (Lipinski definition) is 2. The average molecular weight is 157 g/mol. The first-order valence-electron chi connectivity index (χ1n) is 2.89. The molecule has 0 aromatic heterocycles. The maximum Gasteiger partial charge on any atom is 0.414 e. The normalized spacial score (nSPS) is 17.9. The average Bonchev–Trinajstić information content (AvgIpc) is 2.17. The summed E-state index contributed by atoms with van der Waals surface area (Å²) in [5.74, 6) is -0.667. The number of carbonyl (C=O) groups is 2. The van der Waals surface area contributed by atoms with Crippen LogP contribution in [0, 0.1) is 5.41 Å². The number of guanidine groups is 1. The summed E-state index contributed by atoms with van der Waals surface area (Å²) >= 11 is 0. The fourth-order valence-corrected chi connectivity index (χ4v) is 0.774. The third kappa shape index (κ3) is 1.02. The van der Waals surface area contributed by atoms with Crippen molar-refractivity contribution in [2.75, 3.05) is 13.6 Å². The highest BCUT2D eigenvalue weighted by molar-refractivity contribution is 6.08. The first-order chi connectivity index (χ1) is 5.04. The van der Waals surface area contributed by atoms with Gasteiger partial charge in [-0.15, -0.1) is 0 Å². The predicted molar refractivity (Wildman–Crippen MR) is 35.2 cm³/mol. The molecule has 1 saturated heterocycles. The van der Waals surface area contributed by atoms with E-state index in [1.54, 1.807) is 0 Å². The lowest BCUT2D eigenvalue weighted by Crippen LogP contribution is -2.34. The van der Waals surface area contributed by atoms with Gasteiger partial charge in [0.15, 0.2) is 0 Å². The van der Waals surface area contributed by atoms with Crippen LogP contribution in [0.1, 0.15) is 0 Å². The van der Waals surface area contributed by atoms with Crippen LogP contribution in [0.2, 0.25) is 0 Å². The van der Waals surface area contributed by atoms with Gasteiger partial charge in [0.25, 0.3) is 0 Å². The Labute approximate surface area is 62.5 Å². The molecule has 6 nitrogen and oxygen atoms in total. The smallest absolute Gasteiger partial charge is 0.414 e. The molecule has 6 heteroatoms. The van der Waals surface area contributed by atoms with Crippen LogP contribution in [-0.4, -0.2) is 46.5 Å². The van der Waals surface area contributed by atoms with Crippen LogP contribution in [0.4, 0.5) is 4.79 Å². The Morgan fingerprint density at radius 1 is 1.73 bits per heavy atom. The SMILES string of the molecule is CN1C(=N)N(C(=O)O)CC1=O. The zero-order valence-corrected chi connectivity index (χ0v) is 5.87. The lowest BCUT2D eigenvalue weighted by molar-refractivity contribution is -0.124. The number of amides is 2. The number of likely N-dealkylation sites (N-methyl/N-ethyl adjacent to an activating group) is 1. The molecule has 1 aliphatic heterocycles. The van der Waals surface area contributed by atoms with Crippen LogP contribution >= 0.6 is 0 Å². The molecule has 1 fully saturated rings. The van der Waals surface area contributed by atoms with Crippen molar-refractivity contribution in [1.29, 1.82) is 5.41 Å². The van der Waals surface area contributed by atoms with Crippen molar-refractivity contribution in [3.05, 3.63) is 0 Å². The predicted octanol–water partition coefficient (Wildman–Crippen LogP) is -0.627. The van der Waals surface area contributed by atoms with Gasteiger partial charge >= 0.3 is 6.09 Å². The first kappa shape index (κ1) is 7.52. The molecule has 60 valence electrons. The van der Waals surface area contributed by atoms with Crippen LogP contribution in [0.5, 0.6) is 0 Å². The van der Waals surface area contributed by atoms with Crippen molar-refractivity contribution in [2.45, 2.75) is 0 Å². The third-order valence-corrected chi connectivity index (χ3v) is 1.47. The summed E-state index contributed by atoms with van der Waals surface area (Å²) < 4.78 is 0. The van der Waals surface area contributed by atoms with Crippen molar-refractivity contribution >= 4 is 18.0 Å². The van der Waals surface area contributed by atoms with E-state index in [9.17, 15) is 9.59 Å². The Hall–Kier alpha value is -1.59. The molecule has 2 amide bonds. The van der Waals surface area contributed by atoms with Crippen LogP contribution in [0.25, 0.3) is 0 Å². The van der Waals surface area contributed by atoms with Gasteiger partial charge in [-0.25, -0.2) is 9.69 Å². The van der Waals surface area contributed by atoms with Gasteiger partial charge in [-0.05, 0) is 0 Å². The van der Waals surface area contributed by atoms with Crippen molar-refractivity contribution < 1.29 is 14.7 Å². The summed E-state index contributed by atoms with van der Waals surface area (Å²) in [6.45, 7) is -0.245. The second-order valence-electron chi connectivity index (χ2n) is 2.15. The summed E-state index contributed by atoms with van der Waals surface area (Å²) in [7, 11) is 1.37. The second-order valence-corrected chi connectivity index (χ2v) is 2.15. The standard InChI is InChI=1S/C5H7N3O3/c1-7-3(9)2-8(4(7)6)5(10)11/h6H,2H2,1H3,(H,10,11). The number of nitrogens with one attached hydrogen (secondary N) is 1. The molecular formula is C5H7N3O3. The Bertz CT molecular complexity index is 237. The molecule has 0 aromatic carbocycles. The van der Waals surface area contributed by atoms with Crippen LogP contribution in [0.3, 0.4) is 0 Å². The van der Waals surface area contributed by atoms with E-state index in [-0.39, 0.29) is 18.4 Å². The summed E-state index contributed by atoms with van der Waals surface area (Å²) in [5.41, 5.74) is 0. The molecule has 0 spiro atoms. The van der Waals surface area contributed by atoms with Crippen molar-refractivity contribution in [2.24, 2.45) is 0 Å². The van der Waals surface area contributed by atoms with Gasteiger partial charge in [0.1, 0.15) is 6.54 Å². The zero-order valence-electron chi connectivity index (χ0n) is 5.87. The monoisotopic (exact) mass is 157 g/mol. The maximum absolute atomic E-state index is 10.8. The highest BCUT2D eigenvalue weighted by Gasteiger charge is 2.33. The van der Waals surface area contributed by atoms with E-state index in [0.29, 0.717) is 4.90 Å². The Morgan fingerprint density at radius 2 is 2.27 bits per heavy atom. The van der Waals surface area contributed by atoms with Crippen molar-refractivity contribution in [3.8, 4) is 0 Å². The molecule has 1 heterocycles. The van der Waals surface area contributed by atoms with E-state index >= 15 is 0 Å². The number of carboxylic acid groups (broad SMARTS) is 1. The summed E-state index contributed by atoms with van der Waals surface area (Å²) in [5, 5.41) is 15.5. The Kier molecular flexibility index (Phi) is 1.52. The minimum atomic E-state index is -1.27. The summed E-state index contributed by atoms with van der Waals surface area (Å²) in [4.78, 5) is 22.8. The second kappa shape index (κ2) is 2.22. The van der Waals surface area contributed by atoms with E-state index in [1.807, 2.05) is 0 Å². The third-order valence-electron chi connectivity index (χ3n) is 1.47. The van der Waals surface area contributed by atoms with E-state index in [4.69, 9.17) is 10.5 Å². The molecule has 11 heavy (non-hydrogen) atoms. The zero-order chi connectivity index (χ0) is 8.59. The fraction of sp³-hybridized carbons (Fsp3) is 0.400. The largest absolute Gasteiger partial charge is 0.465 e. The van der Waals surface area contributed by atoms with E-state index in [2.05, 4.69) is 0 Å². The molecule has 0 aliphatic carbocycles. The van der Waals surface area contributed by atoms with Crippen molar-refractivity contribution in [1.82, 2.24) is 9.80 Å². The molecular weight excluding hydrogens is 150 g/mol. The van der Waals surface area contributed by atoms with Crippen LogP contribution in [0.15, 0.2) is 0 Å². The quantitative estimate of drug-likeness (QED) is 0.491. The lowest BCUT2D eigenvalue weighted by atomic mass is 10.6. The number of hydrogen-bond acceptors (Lipinski definition) is 3. The van der Waals surface area contributed by atoms with Crippen molar-refractivity contribution in [3.63, 3.8) is 0 Å². The van der Waals surface area contributed by atoms with Gasteiger partial charge in [0, 0.05) is 7.05 Å². The topological polar surface area (TPSA) is 84.7 Å². The van der Waals surface area contributed by atoms with E-state index in [0.717, 1.165) is 4.90 Å². The van der Waals surface area contributed by atoms with E-state index in [1.165, 1.54) is 7.05 Å². The molecule has 0 radical (unpaired) electrons. The minimum Gasteiger partial charge on any atom is -0.465 e. The van der Waals surface area contributed by atoms with Gasteiger partial charge in [-0.2, -0.15) is 0 Å². The van der Waals surface area contributed by atoms with Crippen LogP contribution < -0.4 is 0 Å². The van der Waals surface area contributed by atoms with Gasteiger partial charge in [0.05, 0.1) is 0 Å². The van der Waals surface area contributed by atoms with Crippen LogP contribution in [-0.2, 0) is 4.79 Å². The van der Waals surface area contributed by atoms with Gasteiger partial charge in [-0.3, -0.25) is 15.1 Å². The van der Waals surface area contributed by atoms with E-state index < -0.39 is 6.09 Å². The molecule has 0 atom stereocenters. The Balaban J connectivity index is 2.83. The van der Waals surface area contributed by atoms with Gasteiger partial charge in [-0.1, -0.05) is 0 Å². The number of carbonyl (C=O) groups excluding carboxylic acids is 1.